The van der Waals surface area contributed by atoms with Gasteiger partial charge in [-0.05, 0) is 54.8 Å². The number of fused-ring (bicyclic) bond motifs is 1. The number of halogens is 1. The van der Waals surface area contributed by atoms with Gasteiger partial charge in [-0.2, -0.15) is 5.10 Å². The first-order valence-electron chi connectivity index (χ1n) is 8.34. The standard InChI is InChI=1S/C20H18FN3O/c1-14-18-13-16(21)8-7-15(18)9-11-23(14)20(25)19-10-12-24(22-19)17-5-3-2-4-6-17/h2-8,10,12-14H,9,11H2,1H3. The third kappa shape index (κ3) is 2.82. The molecule has 0 saturated heterocycles. The largest absolute Gasteiger partial charge is 0.330 e. The van der Waals surface area contributed by atoms with E-state index in [9.17, 15) is 9.18 Å². The average Bonchev–Trinajstić information content (AvgIpc) is 3.13. The number of carbonyl (C=O) groups is 1. The Hall–Kier alpha value is -2.95. The van der Waals surface area contributed by atoms with Crippen LogP contribution in [-0.4, -0.2) is 27.1 Å². The molecule has 0 radical (unpaired) electrons. The maximum absolute atomic E-state index is 13.6. The molecule has 25 heavy (non-hydrogen) atoms. The Kier molecular flexibility index (Phi) is 3.84. The van der Waals surface area contributed by atoms with Crippen LogP contribution in [-0.2, 0) is 6.42 Å². The quantitative estimate of drug-likeness (QED) is 0.715. The van der Waals surface area contributed by atoms with Gasteiger partial charge in [0.05, 0.1) is 11.7 Å². The van der Waals surface area contributed by atoms with E-state index in [1.165, 1.54) is 12.1 Å². The van der Waals surface area contributed by atoms with Gasteiger partial charge in [-0.25, -0.2) is 9.07 Å². The molecule has 0 aliphatic carbocycles. The van der Waals surface area contributed by atoms with Gasteiger partial charge in [-0.15, -0.1) is 0 Å². The van der Waals surface area contributed by atoms with Crippen molar-refractivity contribution < 1.29 is 9.18 Å². The first-order valence-corrected chi connectivity index (χ1v) is 8.34. The Bertz CT molecular complexity index is 920. The molecule has 0 N–H and O–H groups in total. The van der Waals surface area contributed by atoms with Gasteiger partial charge in [0.2, 0.25) is 0 Å². The fourth-order valence-corrected chi connectivity index (χ4v) is 3.37. The smallest absolute Gasteiger partial charge is 0.274 e. The second-order valence-corrected chi connectivity index (χ2v) is 6.25. The number of amides is 1. The van der Waals surface area contributed by atoms with Gasteiger partial charge in [0.25, 0.3) is 5.91 Å². The van der Waals surface area contributed by atoms with Gasteiger partial charge in [0, 0.05) is 12.7 Å². The summed E-state index contributed by atoms with van der Waals surface area (Å²) in [6.07, 6.45) is 2.51. The number of benzene rings is 2. The maximum atomic E-state index is 13.6. The van der Waals surface area contributed by atoms with Gasteiger partial charge in [-0.1, -0.05) is 24.3 Å². The summed E-state index contributed by atoms with van der Waals surface area (Å²) in [6.45, 7) is 2.54. The predicted octanol–water partition coefficient (Wildman–Crippen LogP) is 3.77. The monoisotopic (exact) mass is 335 g/mol. The summed E-state index contributed by atoms with van der Waals surface area (Å²) in [4.78, 5) is 14.7. The van der Waals surface area contributed by atoms with Gasteiger partial charge >= 0.3 is 0 Å². The number of carbonyl (C=O) groups excluding carboxylic acids is 1. The van der Waals surface area contributed by atoms with Crippen LogP contribution in [0.15, 0.2) is 60.8 Å². The van der Waals surface area contributed by atoms with E-state index >= 15 is 0 Å². The number of hydrogen-bond donors (Lipinski definition) is 0. The molecule has 126 valence electrons. The molecule has 3 aromatic rings. The van der Waals surface area contributed by atoms with Gasteiger partial charge in [0.1, 0.15) is 5.82 Å². The molecule has 0 bridgehead atoms. The topological polar surface area (TPSA) is 38.1 Å². The van der Waals surface area contributed by atoms with Crippen molar-refractivity contribution in [2.45, 2.75) is 19.4 Å². The second kappa shape index (κ2) is 6.16. The lowest BCUT2D eigenvalue weighted by atomic mass is 9.93. The van der Waals surface area contributed by atoms with E-state index in [1.807, 2.05) is 43.3 Å². The summed E-state index contributed by atoms with van der Waals surface area (Å²) in [5.74, 6) is -0.398. The van der Waals surface area contributed by atoms with Crippen molar-refractivity contribution in [3.8, 4) is 5.69 Å². The predicted molar refractivity (Wildman–Crippen MR) is 93.1 cm³/mol. The highest BCUT2D eigenvalue weighted by Gasteiger charge is 2.29. The average molecular weight is 335 g/mol. The molecular weight excluding hydrogens is 317 g/mol. The second-order valence-electron chi connectivity index (χ2n) is 6.25. The van der Waals surface area contributed by atoms with Gasteiger partial charge < -0.3 is 4.90 Å². The Morgan fingerprint density at radius 2 is 1.96 bits per heavy atom. The number of para-hydroxylation sites is 1. The van der Waals surface area contributed by atoms with Crippen LogP contribution in [0.5, 0.6) is 0 Å². The first-order chi connectivity index (χ1) is 12.1. The molecule has 0 saturated carbocycles. The normalized spacial score (nSPS) is 16.6. The number of rotatable bonds is 2. The summed E-state index contributed by atoms with van der Waals surface area (Å²) in [5.41, 5.74) is 3.28. The summed E-state index contributed by atoms with van der Waals surface area (Å²) < 4.78 is 15.3. The summed E-state index contributed by atoms with van der Waals surface area (Å²) in [7, 11) is 0. The van der Waals surface area contributed by atoms with Crippen LogP contribution < -0.4 is 0 Å². The van der Waals surface area contributed by atoms with Crippen LogP contribution in [0, 0.1) is 5.82 Å². The van der Waals surface area contributed by atoms with Crippen LogP contribution in [0.3, 0.4) is 0 Å². The minimum absolute atomic E-state index is 0.128. The molecule has 1 aliphatic rings. The Balaban J connectivity index is 1.61. The molecule has 1 unspecified atom stereocenters. The van der Waals surface area contributed by atoms with Gasteiger partial charge in [-0.3, -0.25) is 4.79 Å². The van der Waals surface area contributed by atoms with Crippen molar-refractivity contribution in [1.29, 1.82) is 0 Å². The molecule has 1 amide bonds. The zero-order valence-corrected chi connectivity index (χ0v) is 13.9. The van der Waals surface area contributed by atoms with Crippen molar-refractivity contribution in [3.05, 3.63) is 83.4 Å². The molecule has 2 aromatic carbocycles. The Morgan fingerprint density at radius 1 is 1.16 bits per heavy atom. The highest BCUT2D eigenvalue weighted by atomic mass is 19.1. The summed E-state index contributed by atoms with van der Waals surface area (Å²) in [5, 5.41) is 4.41. The highest BCUT2D eigenvalue weighted by Crippen LogP contribution is 2.30. The fourth-order valence-electron chi connectivity index (χ4n) is 3.37. The minimum Gasteiger partial charge on any atom is -0.330 e. The molecule has 0 spiro atoms. The van der Waals surface area contributed by atoms with Crippen LogP contribution in [0.25, 0.3) is 5.69 Å². The number of nitrogens with zero attached hydrogens (tertiary/aromatic N) is 3. The molecule has 1 aromatic heterocycles. The van der Waals surface area contributed by atoms with E-state index in [0.717, 1.165) is 23.2 Å². The third-order valence-corrected chi connectivity index (χ3v) is 4.74. The van der Waals surface area contributed by atoms with Crippen molar-refractivity contribution in [1.82, 2.24) is 14.7 Å². The van der Waals surface area contributed by atoms with E-state index in [1.54, 1.807) is 21.8 Å². The lowest BCUT2D eigenvalue weighted by molar-refractivity contribution is 0.0670. The van der Waals surface area contributed by atoms with Crippen LogP contribution >= 0.6 is 0 Å². The number of hydrogen-bond acceptors (Lipinski definition) is 2. The molecule has 1 atom stereocenters. The molecule has 0 fully saturated rings. The Morgan fingerprint density at radius 3 is 2.76 bits per heavy atom. The summed E-state index contributed by atoms with van der Waals surface area (Å²) in [6, 6.07) is 16.0. The fraction of sp³-hybridized carbons (Fsp3) is 0.200. The van der Waals surface area contributed by atoms with E-state index in [4.69, 9.17) is 0 Å². The lowest BCUT2D eigenvalue weighted by Crippen LogP contribution is -2.39. The third-order valence-electron chi connectivity index (χ3n) is 4.74. The van der Waals surface area contributed by atoms with E-state index in [0.29, 0.717) is 12.2 Å². The van der Waals surface area contributed by atoms with Crippen molar-refractivity contribution in [2.24, 2.45) is 0 Å². The summed E-state index contributed by atoms with van der Waals surface area (Å²) >= 11 is 0. The molecule has 4 rings (SSSR count). The van der Waals surface area contributed by atoms with E-state index < -0.39 is 0 Å². The molecule has 4 nitrogen and oxygen atoms in total. The van der Waals surface area contributed by atoms with Crippen molar-refractivity contribution in [2.75, 3.05) is 6.54 Å². The van der Waals surface area contributed by atoms with E-state index in [-0.39, 0.29) is 17.8 Å². The van der Waals surface area contributed by atoms with Crippen molar-refractivity contribution >= 4 is 5.91 Å². The lowest BCUT2D eigenvalue weighted by Gasteiger charge is -2.34. The molecule has 1 aliphatic heterocycles. The molecule has 5 heteroatoms. The molecule has 2 heterocycles. The number of aromatic nitrogens is 2. The van der Waals surface area contributed by atoms with Gasteiger partial charge in [0.15, 0.2) is 5.69 Å². The van der Waals surface area contributed by atoms with Crippen molar-refractivity contribution in [3.63, 3.8) is 0 Å². The first kappa shape index (κ1) is 15.6. The van der Waals surface area contributed by atoms with E-state index in [2.05, 4.69) is 5.10 Å². The highest BCUT2D eigenvalue weighted by molar-refractivity contribution is 5.92. The van der Waals surface area contributed by atoms with Crippen LogP contribution in [0.1, 0.15) is 34.6 Å². The maximum Gasteiger partial charge on any atom is 0.274 e. The minimum atomic E-state index is -0.270. The Labute approximate surface area is 145 Å². The SMILES string of the molecule is CC1c2cc(F)ccc2CCN1C(=O)c1ccn(-c2ccccc2)n1. The zero-order chi connectivity index (χ0) is 17.4. The zero-order valence-electron chi connectivity index (χ0n) is 13.9. The molecular formula is C20H18FN3O. The van der Waals surface area contributed by atoms with Crippen LogP contribution in [0.4, 0.5) is 4.39 Å². The van der Waals surface area contributed by atoms with Crippen LogP contribution in [0.2, 0.25) is 0 Å².